The van der Waals surface area contributed by atoms with Crippen LogP contribution >= 0.6 is 11.8 Å². The molecule has 0 aliphatic heterocycles. The predicted molar refractivity (Wildman–Crippen MR) is 130 cm³/mol. The Morgan fingerprint density at radius 3 is 2.39 bits per heavy atom. The van der Waals surface area contributed by atoms with Crippen LogP contribution in [0.15, 0.2) is 63.8 Å². The smallest absolute Gasteiger partial charge is 0.327 e. The van der Waals surface area contributed by atoms with Crippen LogP contribution in [0.5, 0.6) is 0 Å². The topological polar surface area (TPSA) is 79.5 Å². The quantitative estimate of drug-likeness (QED) is 0.208. The molecule has 0 aliphatic rings. The zero-order valence-corrected chi connectivity index (χ0v) is 19.8. The molecule has 1 aromatic rings. The monoisotopic (exact) mass is 445 g/mol. The molecule has 6 heteroatoms. The fourth-order valence-electron chi connectivity index (χ4n) is 2.66. The number of carbonyl (C=O) groups excluding carboxylic acids is 1. The van der Waals surface area contributed by atoms with E-state index in [4.69, 9.17) is 4.42 Å². The van der Waals surface area contributed by atoms with Gasteiger partial charge in [-0.2, -0.15) is 11.8 Å². The number of aliphatic carboxylic acids is 1. The molecule has 5 nitrogen and oxygen atoms in total. The first-order valence-electron chi connectivity index (χ1n) is 10.5. The van der Waals surface area contributed by atoms with Crippen LogP contribution in [-0.2, 0) is 9.59 Å². The summed E-state index contributed by atoms with van der Waals surface area (Å²) in [5.41, 5.74) is 4.07. The third kappa shape index (κ3) is 13.4. The fraction of sp³-hybridized carbons (Fsp3) is 0.440. The first-order valence-corrected chi connectivity index (χ1v) is 11.7. The largest absolute Gasteiger partial charge is 0.480 e. The number of furan rings is 1. The molecule has 0 saturated heterocycles. The van der Waals surface area contributed by atoms with Crippen LogP contribution in [0.2, 0.25) is 0 Å². The molecule has 0 radical (unpaired) electrons. The Balaban J connectivity index is 2.33. The number of hydrogen-bond donors (Lipinski definition) is 2. The van der Waals surface area contributed by atoms with Crippen molar-refractivity contribution >= 4 is 29.7 Å². The van der Waals surface area contributed by atoms with Gasteiger partial charge in [0.1, 0.15) is 11.8 Å². The Bertz CT molecular complexity index is 799. The van der Waals surface area contributed by atoms with E-state index in [0.29, 0.717) is 11.5 Å². The average Bonchev–Trinajstić information content (AvgIpc) is 3.22. The van der Waals surface area contributed by atoms with Gasteiger partial charge in [0.25, 0.3) is 0 Å². The van der Waals surface area contributed by atoms with Gasteiger partial charge in [0.05, 0.1) is 6.26 Å². The van der Waals surface area contributed by atoms with Crippen molar-refractivity contribution in [1.29, 1.82) is 0 Å². The molecule has 0 aromatic carbocycles. The van der Waals surface area contributed by atoms with Crippen molar-refractivity contribution in [3.63, 3.8) is 0 Å². The van der Waals surface area contributed by atoms with Crippen molar-refractivity contribution in [2.45, 2.75) is 59.4 Å². The lowest BCUT2D eigenvalue weighted by Crippen LogP contribution is -2.41. The second-order valence-electron chi connectivity index (χ2n) is 7.75. The molecule has 1 aromatic heterocycles. The van der Waals surface area contributed by atoms with Crippen molar-refractivity contribution in [2.75, 3.05) is 11.5 Å². The van der Waals surface area contributed by atoms with Gasteiger partial charge in [-0.05, 0) is 71.6 Å². The van der Waals surface area contributed by atoms with E-state index in [1.807, 2.05) is 0 Å². The molecule has 0 bridgehead atoms. The van der Waals surface area contributed by atoms with Crippen LogP contribution < -0.4 is 5.32 Å². The lowest BCUT2D eigenvalue weighted by atomic mass is 10.1. The minimum Gasteiger partial charge on any atom is -0.480 e. The van der Waals surface area contributed by atoms with Gasteiger partial charge < -0.3 is 14.8 Å². The Labute approximate surface area is 190 Å². The predicted octanol–water partition coefficient (Wildman–Crippen LogP) is 6.01. The second-order valence-corrected chi connectivity index (χ2v) is 8.82. The lowest BCUT2D eigenvalue weighted by Gasteiger charge is -2.12. The Morgan fingerprint density at radius 2 is 1.77 bits per heavy atom. The van der Waals surface area contributed by atoms with E-state index in [9.17, 15) is 14.7 Å². The maximum atomic E-state index is 11.9. The number of allylic oxidation sites excluding steroid dienone is 5. The number of rotatable bonds is 14. The molecule has 0 aliphatic carbocycles. The van der Waals surface area contributed by atoms with E-state index in [0.717, 1.165) is 31.4 Å². The molecule has 1 heterocycles. The van der Waals surface area contributed by atoms with Crippen molar-refractivity contribution in [3.8, 4) is 0 Å². The molecular formula is C25H35NO4S. The van der Waals surface area contributed by atoms with E-state index in [-0.39, 0.29) is 0 Å². The maximum absolute atomic E-state index is 11.9. The summed E-state index contributed by atoms with van der Waals surface area (Å²) in [6.07, 6.45) is 15.2. The molecule has 170 valence electrons. The Hall–Kier alpha value is -2.47. The molecule has 0 saturated carbocycles. The second kappa shape index (κ2) is 15.3. The molecule has 1 atom stereocenters. The maximum Gasteiger partial charge on any atom is 0.327 e. The van der Waals surface area contributed by atoms with Gasteiger partial charge in [0.2, 0.25) is 5.91 Å². The summed E-state index contributed by atoms with van der Waals surface area (Å²) in [6.45, 7) is 8.52. The van der Waals surface area contributed by atoms with Crippen molar-refractivity contribution in [1.82, 2.24) is 5.32 Å². The van der Waals surface area contributed by atoms with E-state index < -0.39 is 17.9 Å². The van der Waals surface area contributed by atoms with Crippen LogP contribution in [0.25, 0.3) is 6.08 Å². The number of carboxylic acids is 1. The Kier molecular flexibility index (Phi) is 13.2. The summed E-state index contributed by atoms with van der Waals surface area (Å²) in [5, 5.41) is 11.9. The van der Waals surface area contributed by atoms with E-state index >= 15 is 0 Å². The highest BCUT2D eigenvalue weighted by Crippen LogP contribution is 2.13. The van der Waals surface area contributed by atoms with Crippen LogP contribution in [-0.4, -0.2) is 34.5 Å². The van der Waals surface area contributed by atoms with Gasteiger partial charge in [-0.1, -0.05) is 34.9 Å². The summed E-state index contributed by atoms with van der Waals surface area (Å²) in [5.74, 6) is 0.0688. The van der Waals surface area contributed by atoms with Gasteiger partial charge in [-0.25, -0.2) is 4.79 Å². The van der Waals surface area contributed by atoms with E-state index in [1.165, 1.54) is 46.9 Å². The standard InChI is InChI=1S/C25H35NO4S/c1-19(2)8-5-9-20(3)10-6-11-21(4)15-17-31-18-23(25(28)29)26-24(27)14-13-22-12-7-16-30-22/h7-8,10,12-16,23H,5-6,9,11,17-18H2,1-4H3,(H,26,27)(H,28,29)/b14-13+,20-10+,21-15+/t23-/m1/s1. The van der Waals surface area contributed by atoms with Crippen molar-refractivity contribution in [2.24, 2.45) is 0 Å². The lowest BCUT2D eigenvalue weighted by molar-refractivity contribution is -0.140. The van der Waals surface area contributed by atoms with Crippen LogP contribution in [0.3, 0.4) is 0 Å². The normalized spacial score (nSPS) is 13.3. The average molecular weight is 446 g/mol. The molecule has 0 spiro atoms. The van der Waals surface area contributed by atoms with Gasteiger partial charge >= 0.3 is 5.97 Å². The fourth-order valence-corrected chi connectivity index (χ4v) is 3.66. The number of carboxylic acid groups (broad SMARTS) is 1. The summed E-state index contributed by atoms with van der Waals surface area (Å²) in [6, 6.07) is 2.50. The highest BCUT2D eigenvalue weighted by Gasteiger charge is 2.18. The van der Waals surface area contributed by atoms with Gasteiger partial charge in [-0.15, -0.1) is 0 Å². The number of nitrogens with one attached hydrogen (secondary N) is 1. The summed E-state index contributed by atoms with van der Waals surface area (Å²) in [4.78, 5) is 23.4. The number of amides is 1. The van der Waals surface area contributed by atoms with Crippen LogP contribution in [0.4, 0.5) is 0 Å². The number of carbonyl (C=O) groups is 2. The van der Waals surface area contributed by atoms with Crippen LogP contribution in [0.1, 0.15) is 59.1 Å². The number of thioether (sulfide) groups is 1. The molecule has 0 unspecified atom stereocenters. The summed E-state index contributed by atoms with van der Waals surface area (Å²) >= 11 is 1.49. The molecular weight excluding hydrogens is 410 g/mol. The van der Waals surface area contributed by atoms with Crippen molar-refractivity contribution in [3.05, 3.63) is 65.2 Å². The molecule has 31 heavy (non-hydrogen) atoms. The zero-order valence-electron chi connectivity index (χ0n) is 19.0. The molecule has 1 amide bonds. The van der Waals surface area contributed by atoms with Gasteiger partial charge in [0.15, 0.2) is 0 Å². The third-order valence-corrected chi connectivity index (χ3v) is 5.49. The van der Waals surface area contributed by atoms with E-state index in [2.05, 4.69) is 51.2 Å². The summed E-state index contributed by atoms with van der Waals surface area (Å²) in [7, 11) is 0. The third-order valence-electron chi connectivity index (χ3n) is 4.51. The number of hydrogen-bond acceptors (Lipinski definition) is 4. The molecule has 0 fully saturated rings. The highest BCUT2D eigenvalue weighted by atomic mass is 32.2. The van der Waals surface area contributed by atoms with Crippen LogP contribution in [0, 0.1) is 0 Å². The van der Waals surface area contributed by atoms with Gasteiger partial charge in [0, 0.05) is 17.6 Å². The minimum atomic E-state index is -1.04. The first-order chi connectivity index (χ1) is 14.8. The molecule has 1 rings (SSSR count). The van der Waals surface area contributed by atoms with Crippen molar-refractivity contribution < 1.29 is 19.1 Å². The molecule has 2 N–H and O–H groups in total. The zero-order chi connectivity index (χ0) is 23.1. The SMILES string of the molecule is CC(C)=CCC/C(C)=C/CC/C(C)=C/CSC[C@@H](NC(=O)/C=C/c1ccco1)C(=O)O. The first kappa shape index (κ1) is 26.6. The highest BCUT2D eigenvalue weighted by molar-refractivity contribution is 7.99. The van der Waals surface area contributed by atoms with Gasteiger partial charge in [-0.3, -0.25) is 4.79 Å². The Morgan fingerprint density at radius 1 is 1.10 bits per heavy atom. The minimum absolute atomic E-state index is 0.308. The van der Waals surface area contributed by atoms with E-state index in [1.54, 1.807) is 12.1 Å². The summed E-state index contributed by atoms with van der Waals surface area (Å²) < 4.78 is 5.11.